The fourth-order valence-corrected chi connectivity index (χ4v) is 3.66. The highest BCUT2D eigenvalue weighted by molar-refractivity contribution is 7.99. The predicted molar refractivity (Wildman–Crippen MR) is 109 cm³/mol. The minimum atomic E-state index is -4.73. The van der Waals surface area contributed by atoms with Gasteiger partial charge in [-0.1, -0.05) is 30.0 Å². The number of nitrogens with one attached hydrogen (secondary N) is 2. The Hall–Kier alpha value is -3.53. The lowest BCUT2D eigenvalue weighted by atomic mass is 10.2. The number of aromatic amines is 1. The molecule has 6 nitrogen and oxygen atoms in total. The average Bonchev–Trinajstić information content (AvgIpc) is 3.20. The Morgan fingerprint density at radius 2 is 1.87 bits per heavy atom. The summed E-state index contributed by atoms with van der Waals surface area (Å²) in [4.78, 5) is 17.9. The van der Waals surface area contributed by atoms with Crippen molar-refractivity contribution >= 4 is 28.7 Å². The van der Waals surface area contributed by atoms with Gasteiger partial charge in [0.15, 0.2) is 5.65 Å². The number of nitrogens with zero attached hydrogens (tertiary/aromatic N) is 2. The van der Waals surface area contributed by atoms with Crippen LogP contribution in [-0.2, 0) is 6.54 Å². The van der Waals surface area contributed by atoms with Crippen LogP contribution in [0.5, 0.6) is 5.75 Å². The third-order valence-corrected chi connectivity index (χ3v) is 5.20. The zero-order valence-corrected chi connectivity index (χ0v) is 16.6. The number of benzene rings is 2. The molecule has 0 unspecified atom stereocenters. The van der Waals surface area contributed by atoms with Crippen LogP contribution in [0.3, 0.4) is 0 Å². The monoisotopic (exact) mass is 444 g/mol. The van der Waals surface area contributed by atoms with Crippen molar-refractivity contribution in [1.29, 1.82) is 0 Å². The van der Waals surface area contributed by atoms with E-state index in [0.29, 0.717) is 22.7 Å². The molecule has 2 aromatic carbocycles. The van der Waals surface area contributed by atoms with Crippen LogP contribution in [0.2, 0.25) is 0 Å². The molecule has 0 aliphatic carbocycles. The first-order chi connectivity index (χ1) is 14.9. The Labute approximate surface area is 178 Å². The van der Waals surface area contributed by atoms with Gasteiger partial charge < -0.3 is 10.1 Å². The number of hydrogen-bond donors (Lipinski definition) is 2. The molecule has 0 fully saturated rings. The maximum absolute atomic E-state index is 12.4. The number of alkyl halides is 3. The van der Waals surface area contributed by atoms with E-state index in [1.54, 1.807) is 18.3 Å². The number of fused-ring (bicyclic) bond motifs is 1. The molecule has 4 aromatic rings. The predicted octanol–water partition coefficient (Wildman–Crippen LogP) is 4.94. The molecule has 0 aliphatic heterocycles. The minimum absolute atomic E-state index is 0.254. The Bertz CT molecular complexity index is 1210. The highest BCUT2D eigenvalue weighted by Crippen LogP contribution is 2.32. The van der Waals surface area contributed by atoms with Gasteiger partial charge in [-0.15, -0.1) is 13.2 Å². The van der Waals surface area contributed by atoms with Gasteiger partial charge in [-0.2, -0.15) is 5.10 Å². The number of ether oxygens (including phenoxy) is 1. The largest absolute Gasteiger partial charge is 0.573 e. The first-order valence-corrected chi connectivity index (χ1v) is 9.87. The van der Waals surface area contributed by atoms with Gasteiger partial charge in [-0.3, -0.25) is 9.89 Å². The van der Waals surface area contributed by atoms with Crippen molar-refractivity contribution in [3.8, 4) is 5.75 Å². The lowest BCUT2D eigenvalue weighted by Crippen LogP contribution is -2.22. The molecule has 0 saturated heterocycles. The summed E-state index contributed by atoms with van der Waals surface area (Å²) in [5.41, 5.74) is 1.92. The molecule has 2 aromatic heterocycles. The Kier molecular flexibility index (Phi) is 5.81. The van der Waals surface area contributed by atoms with E-state index in [-0.39, 0.29) is 11.7 Å². The molecule has 0 radical (unpaired) electrons. The van der Waals surface area contributed by atoms with Crippen LogP contribution in [0, 0.1) is 0 Å². The first-order valence-electron chi connectivity index (χ1n) is 9.06. The van der Waals surface area contributed by atoms with Gasteiger partial charge >= 0.3 is 6.36 Å². The summed E-state index contributed by atoms with van der Waals surface area (Å²) in [5.74, 6) is -0.518. The van der Waals surface area contributed by atoms with Crippen molar-refractivity contribution in [3.63, 3.8) is 0 Å². The molecule has 31 heavy (non-hydrogen) atoms. The van der Waals surface area contributed by atoms with Gasteiger partial charge in [-0.05, 0) is 42.0 Å². The zero-order valence-electron chi connectivity index (χ0n) is 15.8. The standard InChI is InChI=1S/C21H15F3N4O2S/c22-21(23,24)30-16-2-1-3-18(9-16)31-17-6-4-13(5-7-17)10-26-20(29)15-8-14-12-27-28-19(14)25-11-15/h1-9,11-12H,10H2,(H,26,29)(H,25,27,28). The highest BCUT2D eigenvalue weighted by atomic mass is 32.2. The van der Waals surface area contributed by atoms with Crippen LogP contribution in [0.25, 0.3) is 11.0 Å². The Balaban J connectivity index is 1.35. The van der Waals surface area contributed by atoms with E-state index in [4.69, 9.17) is 0 Å². The summed E-state index contributed by atoms with van der Waals surface area (Å²) in [5, 5.41) is 10.2. The van der Waals surface area contributed by atoms with Crippen molar-refractivity contribution in [1.82, 2.24) is 20.5 Å². The van der Waals surface area contributed by atoms with E-state index in [2.05, 4.69) is 25.2 Å². The summed E-state index contributed by atoms with van der Waals surface area (Å²) in [7, 11) is 0. The second kappa shape index (κ2) is 8.68. The maximum atomic E-state index is 12.4. The summed E-state index contributed by atoms with van der Waals surface area (Å²) in [6, 6.07) is 14.9. The van der Waals surface area contributed by atoms with E-state index in [1.165, 1.54) is 36.2 Å². The average molecular weight is 444 g/mol. The number of rotatable bonds is 6. The normalized spacial score (nSPS) is 11.5. The molecule has 0 atom stereocenters. The van der Waals surface area contributed by atoms with Crippen LogP contribution in [-0.4, -0.2) is 27.5 Å². The molecule has 4 rings (SSSR count). The fraction of sp³-hybridized carbons (Fsp3) is 0.0952. The molecule has 0 spiro atoms. The number of hydrogen-bond acceptors (Lipinski definition) is 5. The van der Waals surface area contributed by atoms with Gasteiger partial charge in [0.1, 0.15) is 5.75 Å². The molecule has 2 heterocycles. The molecule has 0 aliphatic rings. The fourth-order valence-electron chi connectivity index (χ4n) is 2.79. The number of carbonyl (C=O) groups excluding carboxylic acids is 1. The Morgan fingerprint density at radius 1 is 1.06 bits per heavy atom. The maximum Gasteiger partial charge on any atom is 0.573 e. The zero-order chi connectivity index (χ0) is 21.8. The smallest absolute Gasteiger partial charge is 0.406 e. The summed E-state index contributed by atoms with van der Waals surface area (Å²) < 4.78 is 41.1. The van der Waals surface area contributed by atoms with Gasteiger partial charge in [0.25, 0.3) is 5.91 Å². The van der Waals surface area contributed by atoms with Crippen LogP contribution < -0.4 is 10.1 Å². The Morgan fingerprint density at radius 3 is 2.65 bits per heavy atom. The quantitative estimate of drug-likeness (QED) is 0.441. The molecular formula is C21H15F3N4O2S. The SMILES string of the molecule is O=C(NCc1ccc(Sc2cccc(OC(F)(F)F)c2)cc1)c1cnc2[nH]ncc2c1. The van der Waals surface area contributed by atoms with E-state index in [1.807, 2.05) is 24.3 Å². The lowest BCUT2D eigenvalue weighted by Gasteiger charge is -2.10. The number of halogens is 3. The molecule has 0 saturated carbocycles. The van der Waals surface area contributed by atoms with E-state index in [0.717, 1.165) is 15.8 Å². The molecule has 2 N–H and O–H groups in total. The third kappa shape index (κ3) is 5.54. The number of amides is 1. The van der Waals surface area contributed by atoms with Crippen molar-refractivity contribution in [2.75, 3.05) is 0 Å². The van der Waals surface area contributed by atoms with E-state index >= 15 is 0 Å². The van der Waals surface area contributed by atoms with Crippen molar-refractivity contribution < 1.29 is 22.7 Å². The number of H-pyrrole nitrogens is 1. The van der Waals surface area contributed by atoms with E-state index in [9.17, 15) is 18.0 Å². The molecule has 1 amide bonds. The second-order valence-corrected chi connectivity index (χ2v) is 7.63. The number of pyridine rings is 1. The lowest BCUT2D eigenvalue weighted by molar-refractivity contribution is -0.274. The molecule has 0 bridgehead atoms. The van der Waals surface area contributed by atoms with Crippen molar-refractivity contribution in [3.05, 3.63) is 78.1 Å². The second-order valence-electron chi connectivity index (χ2n) is 6.48. The third-order valence-electron chi connectivity index (χ3n) is 4.20. The van der Waals surface area contributed by atoms with Crippen LogP contribution in [0.4, 0.5) is 13.2 Å². The summed E-state index contributed by atoms with van der Waals surface area (Å²) in [6.07, 6.45) is -1.65. The summed E-state index contributed by atoms with van der Waals surface area (Å²) in [6.45, 7) is 0.322. The van der Waals surface area contributed by atoms with Gasteiger partial charge in [0.2, 0.25) is 0 Å². The van der Waals surface area contributed by atoms with Crippen LogP contribution in [0.15, 0.2) is 76.8 Å². The van der Waals surface area contributed by atoms with Crippen molar-refractivity contribution in [2.45, 2.75) is 22.7 Å². The van der Waals surface area contributed by atoms with Gasteiger partial charge in [0, 0.05) is 27.9 Å². The molecular weight excluding hydrogens is 429 g/mol. The first kappa shape index (κ1) is 20.7. The van der Waals surface area contributed by atoms with Gasteiger partial charge in [0.05, 0.1) is 11.8 Å². The minimum Gasteiger partial charge on any atom is -0.406 e. The van der Waals surface area contributed by atoms with Gasteiger partial charge in [-0.25, -0.2) is 4.98 Å². The number of carbonyl (C=O) groups is 1. The van der Waals surface area contributed by atoms with Crippen LogP contribution >= 0.6 is 11.8 Å². The highest BCUT2D eigenvalue weighted by Gasteiger charge is 2.31. The summed E-state index contributed by atoms with van der Waals surface area (Å²) >= 11 is 1.31. The van der Waals surface area contributed by atoms with Crippen molar-refractivity contribution in [2.24, 2.45) is 0 Å². The number of aromatic nitrogens is 3. The topological polar surface area (TPSA) is 79.9 Å². The van der Waals surface area contributed by atoms with E-state index < -0.39 is 6.36 Å². The molecule has 10 heteroatoms. The molecule has 158 valence electrons. The van der Waals surface area contributed by atoms with Crippen LogP contribution in [0.1, 0.15) is 15.9 Å².